The number of rotatable bonds is 3. The smallest absolute Gasteiger partial charge is 0.236 e. The minimum absolute atomic E-state index is 0.317. The number of aromatic nitrogens is 1. The van der Waals surface area contributed by atoms with Crippen molar-refractivity contribution in [3.63, 3.8) is 0 Å². The van der Waals surface area contributed by atoms with Crippen molar-refractivity contribution < 1.29 is 9.13 Å². The van der Waals surface area contributed by atoms with E-state index in [1.807, 2.05) is 0 Å². The van der Waals surface area contributed by atoms with Crippen molar-refractivity contribution in [3.8, 4) is 5.75 Å². The van der Waals surface area contributed by atoms with E-state index in [1.54, 1.807) is 13.1 Å². The molecule has 1 aromatic rings. The number of nitrogens with zero attached hydrogens (tertiary/aromatic N) is 1. The Labute approximate surface area is 75.9 Å². The van der Waals surface area contributed by atoms with Gasteiger partial charge >= 0.3 is 0 Å². The number of hydrogen-bond acceptors (Lipinski definition) is 3. The second-order valence-electron chi connectivity index (χ2n) is 3.08. The SMILES string of the molecule is CNc1cc(OC2CC2)cnc1F. The quantitative estimate of drug-likeness (QED) is 0.724. The van der Waals surface area contributed by atoms with Crippen molar-refractivity contribution in [2.75, 3.05) is 12.4 Å². The molecule has 70 valence electrons. The van der Waals surface area contributed by atoms with Gasteiger partial charge in [0, 0.05) is 13.1 Å². The first kappa shape index (κ1) is 8.29. The lowest BCUT2D eigenvalue weighted by Gasteiger charge is -2.06. The van der Waals surface area contributed by atoms with Crippen LogP contribution in [0.3, 0.4) is 0 Å². The molecule has 0 atom stereocenters. The zero-order valence-electron chi connectivity index (χ0n) is 7.38. The zero-order valence-corrected chi connectivity index (χ0v) is 7.38. The van der Waals surface area contributed by atoms with Gasteiger partial charge in [-0.2, -0.15) is 4.39 Å². The molecular formula is C9H11FN2O. The summed E-state index contributed by atoms with van der Waals surface area (Å²) in [5.74, 6) is 0.138. The van der Waals surface area contributed by atoms with Gasteiger partial charge in [0.15, 0.2) is 0 Å². The van der Waals surface area contributed by atoms with E-state index in [0.29, 0.717) is 17.5 Å². The summed E-state index contributed by atoms with van der Waals surface area (Å²) in [5.41, 5.74) is 0.373. The molecular weight excluding hydrogens is 171 g/mol. The van der Waals surface area contributed by atoms with Crippen LogP contribution in [0.2, 0.25) is 0 Å². The maximum Gasteiger partial charge on any atom is 0.236 e. The van der Waals surface area contributed by atoms with Gasteiger partial charge in [-0.3, -0.25) is 0 Å². The average molecular weight is 182 g/mol. The topological polar surface area (TPSA) is 34.1 Å². The Hall–Kier alpha value is -1.32. The van der Waals surface area contributed by atoms with Gasteiger partial charge in [0.2, 0.25) is 5.95 Å². The molecule has 1 heterocycles. The van der Waals surface area contributed by atoms with Gasteiger partial charge < -0.3 is 10.1 Å². The molecule has 0 aromatic carbocycles. The number of halogens is 1. The van der Waals surface area contributed by atoms with Crippen molar-refractivity contribution in [1.29, 1.82) is 0 Å². The molecule has 0 amide bonds. The van der Waals surface area contributed by atoms with E-state index in [4.69, 9.17) is 4.74 Å². The molecule has 1 aliphatic carbocycles. The van der Waals surface area contributed by atoms with Crippen molar-refractivity contribution in [3.05, 3.63) is 18.2 Å². The molecule has 1 fully saturated rings. The molecule has 4 heteroatoms. The molecule has 1 saturated carbocycles. The molecule has 0 saturated heterocycles. The molecule has 1 aromatic heterocycles. The minimum Gasteiger partial charge on any atom is -0.489 e. The van der Waals surface area contributed by atoms with Crippen molar-refractivity contribution >= 4 is 5.69 Å². The lowest BCUT2D eigenvalue weighted by Crippen LogP contribution is -2.00. The molecule has 0 spiro atoms. The van der Waals surface area contributed by atoms with Crippen LogP contribution in [0.5, 0.6) is 5.75 Å². The molecule has 13 heavy (non-hydrogen) atoms. The third-order valence-corrected chi connectivity index (χ3v) is 1.91. The first-order valence-corrected chi connectivity index (χ1v) is 4.29. The number of nitrogens with one attached hydrogen (secondary N) is 1. The summed E-state index contributed by atoms with van der Waals surface area (Å²) >= 11 is 0. The minimum atomic E-state index is -0.495. The number of pyridine rings is 1. The van der Waals surface area contributed by atoms with Crippen LogP contribution in [-0.4, -0.2) is 18.1 Å². The van der Waals surface area contributed by atoms with E-state index in [1.165, 1.54) is 6.20 Å². The second kappa shape index (κ2) is 3.20. The standard InChI is InChI=1S/C9H11FN2O/c1-11-8-4-7(5-12-9(8)10)13-6-2-3-6/h4-6,11H,2-3H2,1H3. The van der Waals surface area contributed by atoms with Gasteiger partial charge in [0.25, 0.3) is 0 Å². The van der Waals surface area contributed by atoms with Crippen LogP contribution in [0, 0.1) is 5.95 Å². The summed E-state index contributed by atoms with van der Waals surface area (Å²) in [6, 6.07) is 1.63. The van der Waals surface area contributed by atoms with Crippen LogP contribution in [0.25, 0.3) is 0 Å². The highest BCUT2D eigenvalue weighted by atomic mass is 19.1. The predicted molar refractivity (Wildman–Crippen MR) is 47.4 cm³/mol. The van der Waals surface area contributed by atoms with Gasteiger partial charge in [-0.1, -0.05) is 0 Å². The summed E-state index contributed by atoms with van der Waals surface area (Å²) in [6.07, 6.45) is 3.91. The monoisotopic (exact) mass is 182 g/mol. The Morgan fingerprint density at radius 3 is 3.00 bits per heavy atom. The lowest BCUT2D eigenvalue weighted by molar-refractivity contribution is 0.301. The van der Waals surface area contributed by atoms with E-state index < -0.39 is 5.95 Å². The van der Waals surface area contributed by atoms with Gasteiger partial charge in [-0.05, 0) is 12.8 Å². The van der Waals surface area contributed by atoms with E-state index in [0.717, 1.165) is 12.8 Å². The Morgan fingerprint density at radius 1 is 1.62 bits per heavy atom. The molecule has 2 rings (SSSR count). The van der Waals surface area contributed by atoms with Gasteiger partial charge in [0.1, 0.15) is 5.75 Å². The fraction of sp³-hybridized carbons (Fsp3) is 0.444. The molecule has 1 aliphatic rings. The third kappa shape index (κ3) is 1.88. The third-order valence-electron chi connectivity index (χ3n) is 1.91. The van der Waals surface area contributed by atoms with E-state index >= 15 is 0 Å². The maximum atomic E-state index is 12.9. The molecule has 0 radical (unpaired) electrons. The largest absolute Gasteiger partial charge is 0.489 e. The summed E-state index contributed by atoms with van der Waals surface area (Å²) in [4.78, 5) is 3.58. The first-order chi connectivity index (χ1) is 6.29. The van der Waals surface area contributed by atoms with Crippen LogP contribution in [0.15, 0.2) is 12.3 Å². The van der Waals surface area contributed by atoms with E-state index in [9.17, 15) is 4.39 Å². The summed E-state index contributed by atoms with van der Waals surface area (Å²) in [6.45, 7) is 0. The zero-order chi connectivity index (χ0) is 9.26. The fourth-order valence-corrected chi connectivity index (χ4v) is 1.05. The van der Waals surface area contributed by atoms with Crippen molar-refractivity contribution in [1.82, 2.24) is 4.98 Å². The average Bonchev–Trinajstić information content (AvgIpc) is 2.92. The Balaban J connectivity index is 2.16. The number of ether oxygens (including phenoxy) is 1. The molecule has 3 nitrogen and oxygen atoms in total. The summed E-state index contributed by atoms with van der Waals surface area (Å²) in [7, 11) is 1.65. The molecule has 0 unspecified atom stereocenters. The van der Waals surface area contributed by atoms with Crippen LogP contribution in [0.1, 0.15) is 12.8 Å². The highest BCUT2D eigenvalue weighted by Crippen LogP contribution is 2.28. The Bertz CT molecular complexity index is 312. The normalized spacial score (nSPS) is 15.5. The van der Waals surface area contributed by atoms with Gasteiger partial charge in [-0.25, -0.2) is 4.98 Å². The molecule has 0 bridgehead atoms. The summed E-state index contributed by atoms with van der Waals surface area (Å²) < 4.78 is 18.3. The van der Waals surface area contributed by atoms with Gasteiger partial charge in [0.05, 0.1) is 18.0 Å². The Morgan fingerprint density at radius 2 is 2.38 bits per heavy atom. The van der Waals surface area contributed by atoms with Crippen molar-refractivity contribution in [2.45, 2.75) is 18.9 Å². The molecule has 1 N–H and O–H groups in total. The number of anilines is 1. The summed E-state index contributed by atoms with van der Waals surface area (Å²) in [5, 5.41) is 2.71. The maximum absolute atomic E-state index is 12.9. The Kier molecular flexibility index (Phi) is 2.04. The van der Waals surface area contributed by atoms with Crippen molar-refractivity contribution in [2.24, 2.45) is 0 Å². The predicted octanol–water partition coefficient (Wildman–Crippen LogP) is 1.80. The van der Waals surface area contributed by atoms with Crippen LogP contribution < -0.4 is 10.1 Å². The highest BCUT2D eigenvalue weighted by Gasteiger charge is 2.23. The number of hydrogen-bond donors (Lipinski definition) is 1. The first-order valence-electron chi connectivity index (χ1n) is 4.29. The van der Waals surface area contributed by atoms with Crippen LogP contribution in [-0.2, 0) is 0 Å². The van der Waals surface area contributed by atoms with E-state index in [2.05, 4.69) is 10.3 Å². The van der Waals surface area contributed by atoms with E-state index in [-0.39, 0.29) is 0 Å². The lowest BCUT2D eigenvalue weighted by atomic mass is 10.4. The highest BCUT2D eigenvalue weighted by molar-refractivity contribution is 5.45. The van der Waals surface area contributed by atoms with Gasteiger partial charge in [-0.15, -0.1) is 0 Å². The molecule has 0 aliphatic heterocycles. The fourth-order valence-electron chi connectivity index (χ4n) is 1.05. The van der Waals surface area contributed by atoms with Crippen LogP contribution >= 0.6 is 0 Å². The van der Waals surface area contributed by atoms with Crippen LogP contribution in [0.4, 0.5) is 10.1 Å². The second-order valence-corrected chi connectivity index (χ2v) is 3.08.